The van der Waals surface area contributed by atoms with Gasteiger partial charge < -0.3 is 19.0 Å². The molecule has 1 amide bonds. The number of aliphatic hydroxyl groups excluding tert-OH is 1. The van der Waals surface area contributed by atoms with Gasteiger partial charge in [-0.1, -0.05) is 12.5 Å². The molecule has 6 rings (SSSR count). The van der Waals surface area contributed by atoms with Crippen LogP contribution in [0.25, 0.3) is 21.9 Å². The number of aromatic nitrogens is 3. The maximum atomic E-state index is 12.7. The number of carbonyl (C=O) groups excluding carboxylic acids is 2. The number of hydrogen-bond donors (Lipinski definition) is 1. The molecule has 0 bridgehead atoms. The molecule has 2 aromatic heterocycles. The van der Waals surface area contributed by atoms with Crippen LogP contribution in [0.5, 0.6) is 0 Å². The average Bonchev–Trinajstić information content (AvgIpc) is 3.52. The van der Waals surface area contributed by atoms with Crippen LogP contribution in [0, 0.1) is 5.92 Å². The van der Waals surface area contributed by atoms with Gasteiger partial charge in [0, 0.05) is 42.3 Å². The zero-order chi connectivity index (χ0) is 27.4. The third kappa shape index (κ3) is 4.22. The molecule has 2 aliphatic rings. The Morgan fingerprint density at radius 1 is 1.10 bits per heavy atom. The molecule has 4 aromatic rings. The first kappa shape index (κ1) is 25.6. The number of ether oxygens (including phenoxy) is 1. The number of imidazole rings is 1. The van der Waals surface area contributed by atoms with E-state index in [0.717, 1.165) is 77.3 Å². The second-order valence-corrected chi connectivity index (χ2v) is 11.3. The van der Waals surface area contributed by atoms with Crippen molar-refractivity contribution < 1.29 is 19.4 Å². The first-order valence-electron chi connectivity index (χ1n) is 13.9. The van der Waals surface area contributed by atoms with Crippen LogP contribution < -0.4 is 4.90 Å². The van der Waals surface area contributed by atoms with Crippen molar-refractivity contribution in [3.8, 4) is 0 Å². The van der Waals surface area contributed by atoms with E-state index in [1.165, 1.54) is 7.11 Å². The van der Waals surface area contributed by atoms with Gasteiger partial charge in [-0.15, -0.1) is 0 Å². The quantitative estimate of drug-likeness (QED) is 0.360. The highest BCUT2D eigenvalue weighted by molar-refractivity contribution is 5.95. The Labute approximate surface area is 228 Å². The second kappa shape index (κ2) is 9.83. The number of fused-ring (bicyclic) bond motifs is 4. The van der Waals surface area contributed by atoms with E-state index < -0.39 is 6.10 Å². The van der Waals surface area contributed by atoms with Crippen molar-refractivity contribution in [1.29, 1.82) is 0 Å². The summed E-state index contributed by atoms with van der Waals surface area (Å²) in [5, 5.41) is 12.9. The Kier molecular flexibility index (Phi) is 6.46. The Morgan fingerprint density at radius 2 is 1.90 bits per heavy atom. The topological polar surface area (TPSA) is 89.6 Å². The summed E-state index contributed by atoms with van der Waals surface area (Å²) in [6.07, 6.45) is 5.80. The number of amides is 1. The number of methoxy groups -OCH3 is 1. The molecule has 1 fully saturated rings. The van der Waals surface area contributed by atoms with Crippen molar-refractivity contribution in [1.82, 2.24) is 14.1 Å². The predicted octanol–water partition coefficient (Wildman–Crippen LogP) is 5.84. The fraction of sp³-hybridized carbons (Fsp3) is 0.452. The monoisotopic (exact) mass is 528 g/mol. The first-order chi connectivity index (χ1) is 18.8. The number of aliphatic hydroxyl groups is 1. The molecule has 4 atom stereocenters. The van der Waals surface area contributed by atoms with Crippen LogP contribution in [0.1, 0.15) is 75.0 Å². The molecule has 0 spiro atoms. The van der Waals surface area contributed by atoms with Gasteiger partial charge in [0.1, 0.15) is 17.7 Å². The summed E-state index contributed by atoms with van der Waals surface area (Å²) in [5.74, 6) is 0.826. The van der Waals surface area contributed by atoms with Gasteiger partial charge in [0.05, 0.1) is 23.8 Å². The highest BCUT2D eigenvalue weighted by Gasteiger charge is 2.35. The molecule has 3 heterocycles. The number of carbonyl (C=O) groups is 2. The van der Waals surface area contributed by atoms with E-state index in [9.17, 15) is 14.7 Å². The van der Waals surface area contributed by atoms with Crippen molar-refractivity contribution in [3.63, 3.8) is 0 Å². The van der Waals surface area contributed by atoms with E-state index in [4.69, 9.17) is 9.72 Å². The van der Waals surface area contributed by atoms with Gasteiger partial charge in [0.2, 0.25) is 0 Å². The molecule has 204 valence electrons. The van der Waals surface area contributed by atoms with Crippen LogP contribution in [0.2, 0.25) is 0 Å². The molecular weight excluding hydrogens is 492 g/mol. The maximum Gasteiger partial charge on any atom is 0.414 e. The summed E-state index contributed by atoms with van der Waals surface area (Å²) < 4.78 is 9.35. The fourth-order valence-electron chi connectivity index (χ4n) is 6.76. The third-order valence-corrected chi connectivity index (χ3v) is 8.91. The van der Waals surface area contributed by atoms with E-state index in [2.05, 4.69) is 9.13 Å². The molecule has 0 radical (unpaired) electrons. The van der Waals surface area contributed by atoms with E-state index in [-0.39, 0.29) is 29.9 Å². The Morgan fingerprint density at radius 3 is 2.67 bits per heavy atom. The molecule has 8 heteroatoms. The number of hydrogen-bond acceptors (Lipinski definition) is 5. The third-order valence-electron chi connectivity index (χ3n) is 8.91. The Balaban J connectivity index is 1.53. The van der Waals surface area contributed by atoms with Crippen LogP contribution in [0.4, 0.5) is 10.5 Å². The molecule has 8 nitrogen and oxygen atoms in total. The van der Waals surface area contributed by atoms with Gasteiger partial charge in [-0.05, 0) is 87.2 Å². The van der Waals surface area contributed by atoms with Crippen molar-refractivity contribution in [2.24, 2.45) is 13.0 Å². The van der Waals surface area contributed by atoms with E-state index in [1.54, 1.807) is 11.8 Å². The number of anilines is 1. The standard InChI is InChI=1S/C31H36N4O4/c1-18-8-10-24-26(34(18)31(38)39-4)12-13-27-28(24)32-30(35(27)23-7-5-6-20(17-23)19(2)36)29(37)22-9-11-25-21(16-22)14-15-33(25)3/h9,11-16,18,20,23,29,37H,5-8,10,17H2,1-4H3/t18-,20+,23+,29-/m0/s1. The largest absolute Gasteiger partial charge is 0.452 e. The van der Waals surface area contributed by atoms with Crippen molar-refractivity contribution in [2.45, 2.75) is 70.6 Å². The summed E-state index contributed by atoms with van der Waals surface area (Å²) in [5.41, 5.74) is 5.45. The van der Waals surface area contributed by atoms with Gasteiger partial charge in [-0.25, -0.2) is 9.78 Å². The molecule has 1 aliphatic carbocycles. The summed E-state index contributed by atoms with van der Waals surface area (Å²) in [4.78, 5) is 31.9. The van der Waals surface area contributed by atoms with Crippen LogP contribution in [0.15, 0.2) is 42.6 Å². The van der Waals surface area contributed by atoms with E-state index in [0.29, 0.717) is 5.82 Å². The van der Waals surface area contributed by atoms with Crippen LogP contribution in [-0.2, 0) is 23.0 Å². The lowest BCUT2D eigenvalue weighted by atomic mass is 9.83. The van der Waals surface area contributed by atoms with Crippen molar-refractivity contribution >= 4 is 39.5 Å². The zero-order valence-electron chi connectivity index (χ0n) is 23.1. The van der Waals surface area contributed by atoms with Gasteiger partial charge in [-0.3, -0.25) is 9.69 Å². The van der Waals surface area contributed by atoms with Gasteiger partial charge in [0.25, 0.3) is 0 Å². The zero-order valence-corrected chi connectivity index (χ0v) is 23.1. The lowest BCUT2D eigenvalue weighted by Crippen LogP contribution is -2.42. The fourth-order valence-corrected chi connectivity index (χ4v) is 6.76. The molecule has 0 unspecified atom stereocenters. The summed E-state index contributed by atoms with van der Waals surface area (Å²) in [7, 11) is 3.41. The highest BCUT2D eigenvalue weighted by atomic mass is 16.5. The summed E-state index contributed by atoms with van der Waals surface area (Å²) >= 11 is 0. The molecule has 2 aromatic carbocycles. The minimum Gasteiger partial charge on any atom is -0.452 e. The lowest BCUT2D eigenvalue weighted by Gasteiger charge is -2.34. The number of aryl methyl sites for hydroxylation is 2. The number of benzene rings is 2. The lowest BCUT2D eigenvalue weighted by molar-refractivity contribution is -0.122. The van der Waals surface area contributed by atoms with E-state index >= 15 is 0 Å². The molecule has 1 aliphatic heterocycles. The summed E-state index contributed by atoms with van der Waals surface area (Å²) in [6.45, 7) is 3.71. The van der Waals surface area contributed by atoms with Crippen LogP contribution in [-0.4, -0.2) is 44.3 Å². The smallest absolute Gasteiger partial charge is 0.414 e. The number of rotatable bonds is 4. The van der Waals surface area contributed by atoms with Gasteiger partial charge >= 0.3 is 6.09 Å². The minimum atomic E-state index is -0.936. The molecular formula is C31H36N4O4. The maximum absolute atomic E-state index is 12.7. The number of nitrogens with zero attached hydrogens (tertiary/aromatic N) is 4. The van der Waals surface area contributed by atoms with Crippen molar-refractivity contribution in [2.75, 3.05) is 12.0 Å². The minimum absolute atomic E-state index is 0.0140. The van der Waals surface area contributed by atoms with Crippen LogP contribution >= 0.6 is 0 Å². The molecule has 39 heavy (non-hydrogen) atoms. The van der Waals surface area contributed by atoms with Gasteiger partial charge in [0.15, 0.2) is 0 Å². The van der Waals surface area contributed by atoms with Gasteiger partial charge in [-0.2, -0.15) is 0 Å². The molecule has 0 saturated heterocycles. The average molecular weight is 529 g/mol. The van der Waals surface area contributed by atoms with E-state index in [1.807, 2.05) is 56.6 Å². The highest BCUT2D eigenvalue weighted by Crippen LogP contribution is 2.42. The molecule has 1 N–H and O–H groups in total. The number of ketones is 1. The first-order valence-corrected chi connectivity index (χ1v) is 13.9. The second-order valence-electron chi connectivity index (χ2n) is 11.3. The Bertz CT molecular complexity index is 1580. The Hall–Kier alpha value is -3.65. The normalized spacial score (nSPS) is 22.2. The molecule has 1 saturated carbocycles. The SMILES string of the molecule is COC(=O)N1c2ccc3c(nc([C@@H](O)c4ccc5c(ccn5C)c4)n3[C@@H]3CCC[C@@H](C(C)=O)C3)c2CC[C@@H]1C. The predicted molar refractivity (Wildman–Crippen MR) is 151 cm³/mol. The van der Waals surface area contributed by atoms with Crippen molar-refractivity contribution in [3.05, 3.63) is 59.5 Å². The van der Waals surface area contributed by atoms with Crippen LogP contribution in [0.3, 0.4) is 0 Å². The summed E-state index contributed by atoms with van der Waals surface area (Å²) in [6, 6.07) is 12.1. The number of Topliss-reactive ketones (excluding diaryl/α,β-unsaturated/α-hetero) is 1.